The van der Waals surface area contributed by atoms with E-state index in [0.717, 1.165) is 0 Å². The van der Waals surface area contributed by atoms with E-state index >= 15 is 0 Å². The van der Waals surface area contributed by atoms with Gasteiger partial charge in [0.25, 0.3) is 0 Å². The molecule has 0 saturated heterocycles. The number of halogens is 5. The van der Waals surface area contributed by atoms with Crippen molar-refractivity contribution in [2.24, 2.45) is 0 Å². The number of ether oxygens (including phenoxy) is 1. The summed E-state index contributed by atoms with van der Waals surface area (Å²) in [6.45, 7) is 0. The van der Waals surface area contributed by atoms with Crippen LogP contribution in [0.2, 0.25) is 0 Å². The third kappa shape index (κ3) is 4.79. The Labute approximate surface area is 181 Å². The average Bonchev–Trinajstić information content (AvgIpc) is 3.02. The number of benzene rings is 2. The van der Waals surface area contributed by atoms with Crippen LogP contribution in [0.1, 0.15) is 5.56 Å². The van der Waals surface area contributed by atoms with Gasteiger partial charge in [0.05, 0.1) is 7.11 Å². The number of aromatic nitrogens is 1. The van der Waals surface area contributed by atoms with Gasteiger partial charge in [-0.3, -0.25) is 0 Å². The van der Waals surface area contributed by atoms with Gasteiger partial charge in [-0.25, -0.2) is 8.42 Å². The van der Waals surface area contributed by atoms with Gasteiger partial charge in [-0.05, 0) is 46.1 Å². The van der Waals surface area contributed by atoms with Gasteiger partial charge in [0, 0.05) is 26.0 Å². The van der Waals surface area contributed by atoms with Crippen LogP contribution in [0.3, 0.4) is 0 Å². The minimum Gasteiger partial charge on any atom is -0.495 e. The van der Waals surface area contributed by atoms with Crippen LogP contribution in [-0.2, 0) is 16.4 Å². The van der Waals surface area contributed by atoms with E-state index < -0.39 is 33.6 Å². The molecule has 1 unspecified atom stereocenters. The quantitative estimate of drug-likeness (QED) is 0.442. The average molecular weight is 556 g/mol. The fourth-order valence-electron chi connectivity index (χ4n) is 2.94. The molecule has 0 bridgehead atoms. The van der Waals surface area contributed by atoms with E-state index in [-0.39, 0.29) is 10.2 Å². The van der Waals surface area contributed by atoms with Crippen molar-refractivity contribution in [1.29, 1.82) is 0 Å². The van der Waals surface area contributed by atoms with Crippen LogP contribution in [0.5, 0.6) is 5.75 Å². The second-order valence-electron chi connectivity index (χ2n) is 6.20. The number of fused-ring (bicyclic) bond motifs is 1. The highest BCUT2D eigenvalue weighted by atomic mass is 79.9. The third-order valence-electron chi connectivity index (χ3n) is 4.25. The monoisotopic (exact) mass is 554 g/mol. The maximum absolute atomic E-state index is 13.7. The molecule has 3 aromatic rings. The van der Waals surface area contributed by atoms with Crippen molar-refractivity contribution in [2.75, 3.05) is 7.11 Å². The number of methoxy groups -OCH3 is 1. The zero-order valence-electron chi connectivity index (χ0n) is 14.8. The van der Waals surface area contributed by atoms with Gasteiger partial charge < -0.3 is 9.72 Å². The van der Waals surface area contributed by atoms with Gasteiger partial charge in [-0.2, -0.15) is 17.9 Å². The fourth-order valence-corrected chi connectivity index (χ4v) is 6.20. The van der Waals surface area contributed by atoms with E-state index in [0.29, 0.717) is 20.9 Å². The summed E-state index contributed by atoms with van der Waals surface area (Å²) >= 11 is 6.28. The maximum Gasteiger partial charge on any atom is 0.405 e. The largest absolute Gasteiger partial charge is 0.495 e. The maximum atomic E-state index is 13.7. The van der Waals surface area contributed by atoms with E-state index in [1.807, 2.05) is 0 Å². The molecule has 1 atom stereocenters. The molecule has 29 heavy (non-hydrogen) atoms. The van der Waals surface area contributed by atoms with Gasteiger partial charge >= 0.3 is 6.18 Å². The molecule has 0 spiro atoms. The van der Waals surface area contributed by atoms with Crippen molar-refractivity contribution in [3.05, 3.63) is 57.1 Å². The summed E-state index contributed by atoms with van der Waals surface area (Å²) in [6, 6.07) is 7.32. The molecule has 0 fully saturated rings. The summed E-state index contributed by atoms with van der Waals surface area (Å²) < 4.78 is 74.3. The fraction of sp³-hybridized carbons (Fsp3) is 0.222. The lowest BCUT2D eigenvalue weighted by Gasteiger charge is -2.22. The van der Waals surface area contributed by atoms with E-state index in [9.17, 15) is 21.6 Å². The first kappa shape index (κ1) is 22.1. The number of nitrogens with one attached hydrogen (secondary N) is 2. The lowest BCUT2D eigenvalue weighted by Crippen LogP contribution is -2.46. The van der Waals surface area contributed by atoms with Crippen LogP contribution >= 0.6 is 31.9 Å². The number of alkyl halides is 3. The summed E-state index contributed by atoms with van der Waals surface area (Å²) in [6.07, 6.45) is -3.92. The summed E-state index contributed by atoms with van der Waals surface area (Å²) in [5.74, 6) is -0.0910. The molecule has 0 aliphatic rings. The Bertz CT molecular complexity index is 1150. The second-order valence-corrected chi connectivity index (χ2v) is 9.62. The number of rotatable bonds is 6. The Balaban J connectivity index is 1.99. The molecule has 3 rings (SSSR count). The molecular formula is C18H15Br2F3N2O3S. The predicted molar refractivity (Wildman–Crippen MR) is 111 cm³/mol. The highest BCUT2D eigenvalue weighted by Gasteiger charge is 2.43. The Morgan fingerprint density at radius 2 is 1.90 bits per heavy atom. The standard InChI is InChI=1S/C18H15Br2F3N2O3S/c1-28-15-8-11(19)7-13(20)17(15)29(26,27)25-16(18(21,22)23)6-10-9-24-14-5-3-2-4-12(10)14/h2-5,7-9,16,24-25H,6H2,1H3. The van der Waals surface area contributed by atoms with Crippen LogP contribution in [0.4, 0.5) is 13.2 Å². The van der Waals surface area contributed by atoms with Crippen molar-refractivity contribution >= 4 is 52.8 Å². The molecular weight excluding hydrogens is 541 g/mol. The minimum absolute atomic E-state index is 0.0734. The molecule has 0 aliphatic carbocycles. The van der Waals surface area contributed by atoms with Crippen LogP contribution < -0.4 is 9.46 Å². The van der Waals surface area contributed by atoms with E-state index in [1.165, 1.54) is 25.4 Å². The molecule has 11 heteroatoms. The van der Waals surface area contributed by atoms with Crippen molar-refractivity contribution in [3.63, 3.8) is 0 Å². The van der Waals surface area contributed by atoms with Crippen LogP contribution in [0.15, 0.2) is 56.4 Å². The highest BCUT2D eigenvalue weighted by Crippen LogP contribution is 2.36. The van der Waals surface area contributed by atoms with E-state index in [1.54, 1.807) is 29.0 Å². The molecule has 2 aromatic carbocycles. The second kappa shape index (κ2) is 8.29. The zero-order chi connectivity index (χ0) is 21.4. The number of H-pyrrole nitrogens is 1. The molecule has 156 valence electrons. The number of aromatic amines is 1. The summed E-state index contributed by atoms with van der Waals surface area (Å²) in [5.41, 5.74) is 1.02. The molecule has 0 amide bonds. The normalized spacial score (nSPS) is 13.6. The summed E-state index contributed by atoms with van der Waals surface area (Å²) in [7, 11) is -3.33. The smallest absolute Gasteiger partial charge is 0.405 e. The summed E-state index contributed by atoms with van der Waals surface area (Å²) in [4.78, 5) is 2.49. The van der Waals surface area contributed by atoms with Crippen LogP contribution in [0.25, 0.3) is 10.9 Å². The molecule has 5 nitrogen and oxygen atoms in total. The first-order valence-electron chi connectivity index (χ1n) is 8.20. The van der Waals surface area contributed by atoms with Gasteiger partial charge in [0.2, 0.25) is 10.0 Å². The molecule has 0 radical (unpaired) electrons. The van der Waals surface area contributed by atoms with Gasteiger partial charge in [0.15, 0.2) is 0 Å². The molecule has 1 aromatic heterocycles. The highest BCUT2D eigenvalue weighted by molar-refractivity contribution is 9.11. The molecule has 0 aliphatic heterocycles. The number of hydrogen-bond donors (Lipinski definition) is 2. The lowest BCUT2D eigenvalue weighted by molar-refractivity contribution is -0.150. The summed E-state index contributed by atoms with van der Waals surface area (Å²) in [5, 5.41) is 0.600. The third-order valence-corrected chi connectivity index (χ3v) is 7.15. The lowest BCUT2D eigenvalue weighted by atomic mass is 10.1. The molecule has 2 N–H and O–H groups in total. The van der Waals surface area contributed by atoms with Crippen molar-refractivity contribution in [2.45, 2.75) is 23.5 Å². The zero-order valence-corrected chi connectivity index (χ0v) is 18.8. The molecule has 0 saturated carbocycles. The number of hydrogen-bond acceptors (Lipinski definition) is 3. The molecule has 1 heterocycles. The SMILES string of the molecule is COc1cc(Br)cc(Br)c1S(=O)(=O)NC(Cc1c[nH]c2ccccc12)C(F)(F)F. The Kier molecular flexibility index (Phi) is 6.32. The van der Waals surface area contributed by atoms with Gasteiger partial charge in [0.1, 0.15) is 16.7 Å². The first-order chi connectivity index (χ1) is 13.5. The van der Waals surface area contributed by atoms with Crippen molar-refractivity contribution in [1.82, 2.24) is 9.71 Å². The van der Waals surface area contributed by atoms with E-state index in [2.05, 4.69) is 36.8 Å². The van der Waals surface area contributed by atoms with Crippen LogP contribution in [-0.4, -0.2) is 32.7 Å². The van der Waals surface area contributed by atoms with Crippen molar-refractivity contribution < 1.29 is 26.3 Å². The van der Waals surface area contributed by atoms with Crippen molar-refractivity contribution in [3.8, 4) is 5.75 Å². The minimum atomic E-state index is -4.81. The Morgan fingerprint density at radius 1 is 1.21 bits per heavy atom. The van der Waals surface area contributed by atoms with Crippen LogP contribution in [0, 0.1) is 0 Å². The van der Waals surface area contributed by atoms with E-state index in [4.69, 9.17) is 4.74 Å². The van der Waals surface area contributed by atoms with Gasteiger partial charge in [-0.1, -0.05) is 34.1 Å². The Morgan fingerprint density at radius 3 is 2.55 bits per heavy atom. The topological polar surface area (TPSA) is 71.2 Å². The Hall–Kier alpha value is -1.56. The first-order valence-corrected chi connectivity index (χ1v) is 11.3. The number of sulfonamides is 1. The predicted octanol–water partition coefficient (Wildman–Crippen LogP) is 5.15. The number of para-hydroxylation sites is 1. The van der Waals surface area contributed by atoms with Gasteiger partial charge in [-0.15, -0.1) is 0 Å².